The maximum Gasteiger partial charge on any atom is 0.271 e. The van der Waals surface area contributed by atoms with Crippen LogP contribution in [-0.2, 0) is 9.59 Å². The Kier molecular flexibility index (Phi) is 6.61. The van der Waals surface area contributed by atoms with Crippen LogP contribution in [0.25, 0.3) is 6.08 Å². The van der Waals surface area contributed by atoms with Crippen molar-refractivity contribution in [2.45, 2.75) is 52.5 Å². The normalized spacial score (nSPS) is 19.1. The van der Waals surface area contributed by atoms with E-state index in [1.54, 1.807) is 26.2 Å². The molecule has 1 fully saturated rings. The van der Waals surface area contributed by atoms with Crippen LogP contribution in [0, 0.1) is 17.2 Å². The lowest BCUT2D eigenvalue weighted by molar-refractivity contribution is -0.143. The predicted octanol–water partition coefficient (Wildman–Crippen LogP) is 4.26. The molecule has 0 atom stereocenters. The lowest BCUT2D eigenvalue weighted by atomic mass is 9.92. The molecule has 0 N–H and O–H groups in total. The predicted molar refractivity (Wildman–Crippen MR) is 114 cm³/mol. The zero-order chi connectivity index (χ0) is 21.8. The zero-order valence-electron chi connectivity index (χ0n) is 18.0. The first-order chi connectivity index (χ1) is 14.4. The van der Waals surface area contributed by atoms with E-state index in [4.69, 9.17) is 9.47 Å². The Labute approximate surface area is 177 Å². The van der Waals surface area contributed by atoms with Gasteiger partial charge in [0.15, 0.2) is 11.5 Å². The van der Waals surface area contributed by atoms with Gasteiger partial charge >= 0.3 is 0 Å². The summed E-state index contributed by atoms with van der Waals surface area (Å²) in [6.45, 7) is 6.36. The zero-order valence-corrected chi connectivity index (χ0v) is 18.0. The molecule has 0 bridgehead atoms. The van der Waals surface area contributed by atoms with Gasteiger partial charge in [0.1, 0.15) is 11.6 Å². The van der Waals surface area contributed by atoms with Gasteiger partial charge in [0, 0.05) is 11.6 Å². The fourth-order valence-electron chi connectivity index (χ4n) is 3.91. The van der Waals surface area contributed by atoms with E-state index in [0.29, 0.717) is 35.2 Å². The lowest BCUT2D eigenvalue weighted by Gasteiger charge is -2.32. The number of hydrogen-bond acceptors (Lipinski definition) is 5. The van der Waals surface area contributed by atoms with E-state index >= 15 is 0 Å². The van der Waals surface area contributed by atoms with Gasteiger partial charge in [-0.1, -0.05) is 32.8 Å². The number of carbonyl (C=O) groups is 2. The Morgan fingerprint density at radius 1 is 1.20 bits per heavy atom. The van der Waals surface area contributed by atoms with E-state index in [2.05, 4.69) is 13.8 Å². The van der Waals surface area contributed by atoms with Crippen molar-refractivity contribution in [1.82, 2.24) is 4.90 Å². The van der Waals surface area contributed by atoms with Crippen LogP contribution >= 0.6 is 0 Å². The number of hydrogen-bond donors (Lipinski definition) is 0. The highest BCUT2D eigenvalue weighted by atomic mass is 16.5. The Morgan fingerprint density at radius 2 is 1.90 bits per heavy atom. The SMILES string of the molecule is COc1cc(/C=C2/C(=O)N(C3CCCC3)C(=O)C(C#N)=C2C)ccc1OCC(C)C. The molecular formula is C24H28N2O4. The van der Waals surface area contributed by atoms with Crippen molar-refractivity contribution in [3.63, 3.8) is 0 Å². The molecule has 30 heavy (non-hydrogen) atoms. The second kappa shape index (κ2) is 9.17. The summed E-state index contributed by atoms with van der Waals surface area (Å²) in [7, 11) is 1.57. The first-order valence-electron chi connectivity index (χ1n) is 10.4. The van der Waals surface area contributed by atoms with E-state index in [1.807, 2.05) is 18.2 Å². The molecule has 1 heterocycles. The molecule has 1 saturated carbocycles. The van der Waals surface area contributed by atoms with Gasteiger partial charge in [-0.05, 0) is 55.0 Å². The molecule has 0 radical (unpaired) electrons. The van der Waals surface area contributed by atoms with Gasteiger partial charge in [0.05, 0.1) is 13.7 Å². The molecule has 0 aromatic heterocycles. The number of rotatable bonds is 6. The average molecular weight is 408 g/mol. The third-order valence-corrected chi connectivity index (χ3v) is 5.53. The summed E-state index contributed by atoms with van der Waals surface area (Å²) in [6, 6.07) is 7.32. The van der Waals surface area contributed by atoms with Crippen LogP contribution in [-0.4, -0.2) is 36.5 Å². The number of imide groups is 1. The summed E-state index contributed by atoms with van der Waals surface area (Å²) in [6.07, 6.45) is 5.27. The van der Waals surface area contributed by atoms with Crippen LogP contribution in [0.2, 0.25) is 0 Å². The molecule has 1 aliphatic heterocycles. The van der Waals surface area contributed by atoms with Crippen molar-refractivity contribution in [3.8, 4) is 17.6 Å². The summed E-state index contributed by atoms with van der Waals surface area (Å²) in [5.74, 6) is 0.782. The summed E-state index contributed by atoms with van der Waals surface area (Å²) in [5.41, 5.74) is 1.57. The summed E-state index contributed by atoms with van der Waals surface area (Å²) < 4.78 is 11.2. The molecule has 0 unspecified atom stereocenters. The summed E-state index contributed by atoms with van der Waals surface area (Å²) >= 11 is 0. The molecule has 1 aromatic rings. The molecule has 158 valence electrons. The highest BCUT2D eigenvalue weighted by Gasteiger charge is 2.40. The Morgan fingerprint density at radius 3 is 2.50 bits per heavy atom. The maximum atomic E-state index is 13.2. The first-order valence-corrected chi connectivity index (χ1v) is 10.4. The van der Waals surface area contributed by atoms with Gasteiger partial charge in [-0.25, -0.2) is 0 Å². The van der Waals surface area contributed by atoms with Gasteiger partial charge in [0.2, 0.25) is 0 Å². The number of carbonyl (C=O) groups excluding carboxylic acids is 2. The molecule has 1 aromatic carbocycles. The molecule has 3 rings (SSSR count). The van der Waals surface area contributed by atoms with E-state index in [1.165, 1.54) is 4.90 Å². The van der Waals surface area contributed by atoms with Gasteiger partial charge in [-0.15, -0.1) is 0 Å². The largest absolute Gasteiger partial charge is 0.493 e. The summed E-state index contributed by atoms with van der Waals surface area (Å²) in [5, 5.41) is 9.55. The van der Waals surface area contributed by atoms with Crippen LogP contribution in [0.3, 0.4) is 0 Å². The molecule has 6 heteroatoms. The second-order valence-corrected chi connectivity index (χ2v) is 8.20. The quantitative estimate of drug-likeness (QED) is 0.519. The number of nitrogens with zero attached hydrogens (tertiary/aromatic N) is 2. The Balaban J connectivity index is 2.00. The van der Waals surface area contributed by atoms with Gasteiger partial charge in [-0.2, -0.15) is 5.26 Å². The fourth-order valence-corrected chi connectivity index (χ4v) is 3.91. The van der Waals surface area contributed by atoms with Crippen LogP contribution in [0.5, 0.6) is 11.5 Å². The number of nitriles is 1. The number of methoxy groups -OCH3 is 1. The minimum atomic E-state index is -0.473. The van der Waals surface area contributed by atoms with Crippen LogP contribution < -0.4 is 9.47 Å². The maximum absolute atomic E-state index is 13.2. The third kappa shape index (κ3) is 4.25. The molecule has 0 saturated heterocycles. The highest BCUT2D eigenvalue weighted by molar-refractivity contribution is 6.19. The molecule has 2 aliphatic rings. The van der Waals surface area contributed by atoms with Gasteiger partial charge in [0.25, 0.3) is 11.8 Å². The van der Waals surface area contributed by atoms with Crippen LogP contribution in [0.15, 0.2) is 34.9 Å². The average Bonchev–Trinajstić information content (AvgIpc) is 3.24. The van der Waals surface area contributed by atoms with Gasteiger partial charge in [-0.3, -0.25) is 14.5 Å². The lowest BCUT2D eigenvalue weighted by Crippen LogP contribution is -2.47. The standard InChI is InChI=1S/C24H28N2O4/c1-15(2)14-30-21-10-9-17(12-22(21)29-4)11-19-16(3)20(13-25)24(28)26(23(19)27)18-7-5-6-8-18/h9-12,15,18H,5-8,14H2,1-4H3/b19-11+. The van der Waals surface area contributed by atoms with E-state index in [9.17, 15) is 14.9 Å². The number of ether oxygens (including phenoxy) is 2. The van der Waals surface area contributed by atoms with E-state index < -0.39 is 5.91 Å². The monoisotopic (exact) mass is 408 g/mol. The fraction of sp³-hybridized carbons (Fsp3) is 0.458. The molecule has 1 aliphatic carbocycles. The third-order valence-electron chi connectivity index (χ3n) is 5.53. The summed E-state index contributed by atoms with van der Waals surface area (Å²) in [4.78, 5) is 27.3. The van der Waals surface area contributed by atoms with Crippen molar-refractivity contribution in [2.24, 2.45) is 5.92 Å². The number of benzene rings is 1. The Bertz CT molecular complexity index is 946. The van der Waals surface area contributed by atoms with Crippen molar-refractivity contribution >= 4 is 17.9 Å². The van der Waals surface area contributed by atoms with Crippen molar-refractivity contribution in [3.05, 3.63) is 40.5 Å². The highest BCUT2D eigenvalue weighted by Crippen LogP contribution is 2.34. The minimum absolute atomic E-state index is 0.0385. The second-order valence-electron chi connectivity index (χ2n) is 8.20. The molecule has 2 amide bonds. The minimum Gasteiger partial charge on any atom is -0.493 e. The van der Waals surface area contributed by atoms with E-state index in [-0.39, 0.29) is 17.5 Å². The smallest absolute Gasteiger partial charge is 0.271 e. The molecular weight excluding hydrogens is 380 g/mol. The van der Waals surface area contributed by atoms with Crippen molar-refractivity contribution < 1.29 is 19.1 Å². The van der Waals surface area contributed by atoms with Crippen molar-refractivity contribution in [1.29, 1.82) is 5.26 Å². The molecule has 0 spiro atoms. The van der Waals surface area contributed by atoms with Gasteiger partial charge < -0.3 is 9.47 Å². The Hall–Kier alpha value is -3.07. The van der Waals surface area contributed by atoms with Crippen molar-refractivity contribution in [2.75, 3.05) is 13.7 Å². The molecule has 6 nitrogen and oxygen atoms in total. The first kappa shape index (κ1) is 21.6. The van der Waals surface area contributed by atoms with Crippen LogP contribution in [0.4, 0.5) is 0 Å². The van der Waals surface area contributed by atoms with Crippen LogP contribution in [0.1, 0.15) is 52.0 Å². The topological polar surface area (TPSA) is 79.6 Å². The van der Waals surface area contributed by atoms with E-state index in [0.717, 1.165) is 31.2 Å². The number of amides is 2.